The highest BCUT2D eigenvalue weighted by atomic mass is 32.2. The van der Waals surface area contributed by atoms with E-state index >= 15 is 0 Å². The Labute approximate surface area is 154 Å². The second-order valence-corrected chi connectivity index (χ2v) is 8.51. The van der Waals surface area contributed by atoms with Crippen molar-refractivity contribution < 1.29 is 13.2 Å². The van der Waals surface area contributed by atoms with Gasteiger partial charge in [-0.05, 0) is 30.2 Å². The minimum atomic E-state index is -3.24. The maximum atomic E-state index is 12.1. The van der Waals surface area contributed by atoms with Gasteiger partial charge in [0.25, 0.3) is 5.91 Å². The molecule has 1 aromatic carbocycles. The van der Waals surface area contributed by atoms with Crippen LogP contribution in [0.5, 0.6) is 0 Å². The molecule has 1 aromatic heterocycles. The highest BCUT2D eigenvalue weighted by Gasteiger charge is 2.12. The van der Waals surface area contributed by atoms with Gasteiger partial charge < -0.3 is 5.32 Å². The topological polar surface area (TPSA) is 92.3 Å². The van der Waals surface area contributed by atoms with E-state index in [0.717, 1.165) is 23.2 Å². The van der Waals surface area contributed by atoms with Crippen LogP contribution in [0.2, 0.25) is 0 Å². The summed E-state index contributed by atoms with van der Waals surface area (Å²) in [6.45, 7) is 4.59. The molecule has 140 valence electrons. The van der Waals surface area contributed by atoms with E-state index in [0.29, 0.717) is 11.5 Å². The number of likely N-dealkylation sites (N-methyl/N-ethyl adjacent to an activating group) is 1. The van der Waals surface area contributed by atoms with Crippen LogP contribution < -0.4 is 5.32 Å². The van der Waals surface area contributed by atoms with E-state index < -0.39 is 10.0 Å². The molecular weight excluding hydrogens is 352 g/mol. The van der Waals surface area contributed by atoms with Gasteiger partial charge in [0, 0.05) is 31.3 Å². The Morgan fingerprint density at radius 2 is 1.77 bits per heavy atom. The number of rotatable bonds is 7. The fraction of sp³-hybridized carbons (Fsp3) is 0.389. The summed E-state index contributed by atoms with van der Waals surface area (Å²) in [5, 5.41) is 11.1. The smallest absolute Gasteiger partial charge is 0.251 e. The molecule has 0 radical (unpaired) electrons. The molecule has 26 heavy (non-hydrogen) atoms. The molecule has 0 aliphatic carbocycles. The Morgan fingerprint density at radius 3 is 2.27 bits per heavy atom. The van der Waals surface area contributed by atoms with Crippen molar-refractivity contribution in [1.29, 1.82) is 0 Å². The Hall–Kier alpha value is -2.32. The van der Waals surface area contributed by atoms with Crippen molar-refractivity contribution >= 4 is 15.9 Å². The number of nitrogens with zero attached hydrogens (tertiary/aromatic N) is 3. The summed E-state index contributed by atoms with van der Waals surface area (Å²) in [6.07, 6.45) is 1.13. The van der Waals surface area contributed by atoms with Crippen LogP contribution in [0.3, 0.4) is 0 Å². The Bertz CT molecular complexity index is 847. The predicted molar refractivity (Wildman–Crippen MR) is 101 cm³/mol. The molecule has 0 unspecified atom stereocenters. The third kappa shape index (κ3) is 5.34. The lowest BCUT2D eigenvalue weighted by Gasteiger charge is -2.14. The van der Waals surface area contributed by atoms with Crippen LogP contribution in [0.4, 0.5) is 0 Å². The van der Waals surface area contributed by atoms with Crippen molar-refractivity contribution in [2.24, 2.45) is 0 Å². The summed E-state index contributed by atoms with van der Waals surface area (Å²) in [6, 6.07) is 10.9. The molecule has 0 saturated carbocycles. The van der Waals surface area contributed by atoms with Crippen molar-refractivity contribution in [3.63, 3.8) is 0 Å². The first kappa shape index (κ1) is 20.0. The van der Waals surface area contributed by atoms with Gasteiger partial charge in [-0.25, -0.2) is 12.7 Å². The van der Waals surface area contributed by atoms with E-state index in [1.54, 1.807) is 12.1 Å². The molecule has 0 saturated heterocycles. The second kappa shape index (κ2) is 8.37. The predicted octanol–water partition coefficient (Wildman–Crippen LogP) is 1.89. The summed E-state index contributed by atoms with van der Waals surface area (Å²) in [7, 11) is -1.77. The average molecular weight is 376 g/mol. The molecule has 0 aliphatic heterocycles. The maximum Gasteiger partial charge on any atom is 0.251 e. The number of sulfonamides is 1. The van der Waals surface area contributed by atoms with Crippen LogP contribution in [0.1, 0.15) is 35.8 Å². The molecule has 0 spiro atoms. The number of carbonyl (C=O) groups excluding carboxylic acids is 1. The fourth-order valence-corrected chi connectivity index (χ4v) is 2.61. The zero-order valence-corrected chi connectivity index (χ0v) is 16.2. The summed E-state index contributed by atoms with van der Waals surface area (Å²) in [5.41, 5.74) is 3.06. The van der Waals surface area contributed by atoms with Crippen molar-refractivity contribution in [2.75, 3.05) is 26.4 Å². The first-order valence-electron chi connectivity index (χ1n) is 8.32. The highest BCUT2D eigenvalue weighted by molar-refractivity contribution is 7.88. The Morgan fingerprint density at radius 1 is 1.12 bits per heavy atom. The monoisotopic (exact) mass is 376 g/mol. The van der Waals surface area contributed by atoms with Gasteiger partial charge in [-0.15, -0.1) is 0 Å². The Balaban J connectivity index is 1.97. The first-order chi connectivity index (χ1) is 12.2. The van der Waals surface area contributed by atoms with Crippen molar-refractivity contribution in [1.82, 2.24) is 19.8 Å². The number of hydrogen-bond acceptors (Lipinski definition) is 5. The van der Waals surface area contributed by atoms with E-state index in [2.05, 4.69) is 29.4 Å². The summed E-state index contributed by atoms with van der Waals surface area (Å²) < 4.78 is 23.8. The van der Waals surface area contributed by atoms with Gasteiger partial charge in [-0.2, -0.15) is 10.2 Å². The molecule has 1 N–H and O–H groups in total. The molecule has 8 heteroatoms. The molecular formula is C18H24N4O3S. The largest absolute Gasteiger partial charge is 0.351 e. The third-order valence-electron chi connectivity index (χ3n) is 4.00. The molecule has 2 aromatic rings. The fourth-order valence-electron chi connectivity index (χ4n) is 2.19. The number of hydrogen-bond donors (Lipinski definition) is 1. The number of nitrogens with one attached hydrogen (secondary N) is 1. The molecule has 0 fully saturated rings. The van der Waals surface area contributed by atoms with E-state index in [1.807, 2.05) is 24.3 Å². The molecule has 1 heterocycles. The molecule has 0 bridgehead atoms. The van der Waals surface area contributed by atoms with Crippen LogP contribution >= 0.6 is 0 Å². The van der Waals surface area contributed by atoms with E-state index in [4.69, 9.17) is 0 Å². The molecule has 2 rings (SSSR count). The van der Waals surface area contributed by atoms with E-state index in [1.165, 1.54) is 11.4 Å². The number of amides is 1. The molecule has 0 atom stereocenters. The lowest BCUT2D eigenvalue weighted by atomic mass is 10.1. The number of benzene rings is 1. The standard InChI is InChI=1S/C18H24N4O3S/c1-13(2)16-9-10-17(21-20-16)14-5-7-15(8-6-14)18(23)19-11-12-22(3)26(4,24)25/h5-10,13H,11-12H2,1-4H3,(H,19,23). The van der Waals surface area contributed by atoms with Crippen molar-refractivity contribution in [3.05, 3.63) is 47.7 Å². The van der Waals surface area contributed by atoms with Crippen molar-refractivity contribution in [3.8, 4) is 11.3 Å². The molecule has 1 amide bonds. The zero-order chi connectivity index (χ0) is 19.3. The number of aromatic nitrogens is 2. The minimum Gasteiger partial charge on any atom is -0.351 e. The van der Waals surface area contributed by atoms with Crippen LogP contribution in [-0.4, -0.2) is 55.2 Å². The van der Waals surface area contributed by atoms with Gasteiger partial charge in [0.1, 0.15) is 0 Å². The summed E-state index contributed by atoms with van der Waals surface area (Å²) in [5.74, 6) is 0.0732. The van der Waals surface area contributed by atoms with Crippen LogP contribution in [0, 0.1) is 0 Å². The van der Waals surface area contributed by atoms with Gasteiger partial charge in [0.2, 0.25) is 10.0 Å². The minimum absolute atomic E-state index is 0.223. The van der Waals surface area contributed by atoms with Gasteiger partial charge in [0.15, 0.2) is 0 Å². The quantitative estimate of drug-likeness (QED) is 0.797. The highest BCUT2D eigenvalue weighted by Crippen LogP contribution is 2.19. The summed E-state index contributed by atoms with van der Waals surface area (Å²) in [4.78, 5) is 12.1. The van der Waals surface area contributed by atoms with Crippen LogP contribution in [-0.2, 0) is 10.0 Å². The van der Waals surface area contributed by atoms with Gasteiger partial charge >= 0.3 is 0 Å². The van der Waals surface area contributed by atoms with E-state index in [-0.39, 0.29) is 19.0 Å². The molecule has 0 aliphatic rings. The van der Waals surface area contributed by atoms with Crippen LogP contribution in [0.15, 0.2) is 36.4 Å². The van der Waals surface area contributed by atoms with Gasteiger partial charge in [0.05, 0.1) is 17.6 Å². The normalized spacial score (nSPS) is 11.8. The second-order valence-electron chi connectivity index (χ2n) is 6.42. The molecule has 7 nitrogen and oxygen atoms in total. The lowest BCUT2D eigenvalue weighted by Crippen LogP contribution is -2.35. The first-order valence-corrected chi connectivity index (χ1v) is 10.2. The third-order valence-corrected chi connectivity index (χ3v) is 5.31. The summed E-state index contributed by atoms with van der Waals surface area (Å²) >= 11 is 0. The lowest BCUT2D eigenvalue weighted by molar-refractivity contribution is 0.0952. The van der Waals surface area contributed by atoms with Gasteiger partial charge in [-0.3, -0.25) is 4.79 Å². The number of carbonyl (C=O) groups is 1. The Kier molecular flexibility index (Phi) is 6.44. The zero-order valence-electron chi connectivity index (χ0n) is 15.4. The maximum absolute atomic E-state index is 12.1. The van der Waals surface area contributed by atoms with E-state index in [9.17, 15) is 13.2 Å². The average Bonchev–Trinajstić information content (AvgIpc) is 2.61. The van der Waals surface area contributed by atoms with Gasteiger partial charge in [-0.1, -0.05) is 26.0 Å². The van der Waals surface area contributed by atoms with Crippen molar-refractivity contribution in [2.45, 2.75) is 19.8 Å². The SMILES string of the molecule is CC(C)c1ccc(-c2ccc(C(=O)NCCN(C)S(C)(=O)=O)cc2)nn1. The van der Waals surface area contributed by atoms with Crippen LogP contribution in [0.25, 0.3) is 11.3 Å².